The molecule has 0 unspecified atom stereocenters. The number of nitrogens with one attached hydrogen (secondary N) is 1. The van der Waals surface area contributed by atoms with Crippen molar-refractivity contribution in [3.8, 4) is 96.4 Å². The van der Waals surface area contributed by atoms with Gasteiger partial charge in [-0.2, -0.15) is 0 Å². The molecule has 0 spiro atoms. The third kappa shape index (κ3) is 19.1. The molecule has 0 saturated carbocycles. The highest BCUT2D eigenvalue weighted by molar-refractivity contribution is 9.11. The lowest BCUT2D eigenvalue weighted by Crippen LogP contribution is -2.41. The van der Waals surface area contributed by atoms with Gasteiger partial charge in [0.15, 0.2) is 0 Å². The summed E-state index contributed by atoms with van der Waals surface area (Å²) in [7, 11) is -0.419. The number of aromatic hydroxyl groups is 1. The molecule has 9 aromatic carbocycles. The number of para-hydroxylation sites is 1. The van der Waals surface area contributed by atoms with E-state index in [1.54, 1.807) is 43.0 Å². The normalized spacial score (nSPS) is 12.4. The number of phenolic OH excluding ortho intramolecular Hbond substituents is 1. The van der Waals surface area contributed by atoms with Crippen molar-refractivity contribution in [2.75, 3.05) is 0 Å². The van der Waals surface area contributed by atoms with E-state index in [0.29, 0.717) is 29.1 Å². The fourth-order valence-corrected chi connectivity index (χ4v) is 11.8. The van der Waals surface area contributed by atoms with Gasteiger partial charge in [0, 0.05) is 73.8 Å². The van der Waals surface area contributed by atoms with Crippen LogP contribution in [0.3, 0.4) is 0 Å². The lowest BCUT2D eigenvalue weighted by Gasteiger charge is -2.32. The van der Waals surface area contributed by atoms with Crippen molar-refractivity contribution in [2.45, 2.75) is 38.9 Å². The van der Waals surface area contributed by atoms with E-state index >= 15 is 0 Å². The highest BCUT2D eigenvalue weighted by Crippen LogP contribution is 2.38. The first-order chi connectivity index (χ1) is 49.1. The van der Waals surface area contributed by atoms with Gasteiger partial charge >= 0.3 is 7.12 Å². The van der Waals surface area contributed by atoms with Crippen LogP contribution in [-0.2, 0) is 9.31 Å². The fraction of sp³-hybridized carbons (Fsp3) is 0.0706. The number of nitrogens with zero attached hydrogens (tertiary/aromatic N) is 5. The molecule has 0 atom stereocenters. The summed E-state index contributed by atoms with van der Waals surface area (Å²) in [6.07, 6.45) is 7.09. The molecular weight excluding hydrogens is 1450 g/mol. The molecule has 1 aliphatic heterocycles. The Kier molecular flexibility index (Phi) is 23.1. The molecule has 498 valence electrons. The van der Waals surface area contributed by atoms with Gasteiger partial charge in [-0.15, -0.1) is 0 Å². The molecule has 0 bridgehead atoms. The lowest BCUT2D eigenvalue weighted by atomic mass is 9.79. The molecule has 15 aromatic rings. The molecule has 16 heteroatoms. The summed E-state index contributed by atoms with van der Waals surface area (Å²) in [6.45, 7) is 8.19. The van der Waals surface area contributed by atoms with Gasteiger partial charge in [-0.05, 0) is 203 Å². The Morgan fingerprint density at radius 2 is 0.772 bits per heavy atom. The van der Waals surface area contributed by atoms with Gasteiger partial charge in [-0.1, -0.05) is 208 Å². The van der Waals surface area contributed by atoms with Crippen molar-refractivity contribution < 1.29 is 28.6 Å². The van der Waals surface area contributed by atoms with Gasteiger partial charge in [0.2, 0.25) is 17.6 Å². The number of fused-ring (bicyclic) bond motifs is 3. The zero-order valence-corrected chi connectivity index (χ0v) is 60.4. The van der Waals surface area contributed by atoms with Gasteiger partial charge in [0.1, 0.15) is 33.2 Å². The second-order valence-electron chi connectivity index (χ2n) is 24.2. The maximum absolute atomic E-state index is 8.78. The minimum absolute atomic E-state index is 0.291. The van der Waals surface area contributed by atoms with E-state index in [9.17, 15) is 0 Å². The van der Waals surface area contributed by atoms with E-state index in [4.69, 9.17) is 33.6 Å². The number of halogens is 3. The summed E-state index contributed by atoms with van der Waals surface area (Å²) < 4.78 is 32.9. The molecule has 16 rings (SSSR count). The number of pyridine rings is 5. The molecule has 101 heavy (non-hydrogen) atoms. The quantitative estimate of drug-likeness (QED) is 0.0890. The van der Waals surface area contributed by atoms with Crippen molar-refractivity contribution >= 4 is 82.3 Å². The summed E-state index contributed by atoms with van der Waals surface area (Å²) in [5.74, 6) is 4.17. The van der Waals surface area contributed by atoms with Gasteiger partial charge in [-0.3, -0.25) is 0 Å². The van der Waals surface area contributed by atoms with Gasteiger partial charge in [-0.25, -0.2) is 24.9 Å². The number of hydrogen-bond donors (Lipinski definition) is 2. The largest absolute Gasteiger partial charge is 0.508 e. The first-order valence-corrected chi connectivity index (χ1v) is 34.9. The number of hydrogen-bond acceptors (Lipinski definition) is 11. The second kappa shape index (κ2) is 33.3. The van der Waals surface area contributed by atoms with Crippen LogP contribution >= 0.6 is 47.8 Å². The molecule has 7 heterocycles. The second-order valence-corrected chi connectivity index (χ2v) is 26.8. The lowest BCUT2D eigenvalue weighted by molar-refractivity contribution is 0.00578. The molecule has 0 radical (unpaired) electrons. The fourth-order valence-electron chi connectivity index (χ4n) is 10.7. The van der Waals surface area contributed by atoms with Crippen molar-refractivity contribution in [3.05, 3.63) is 342 Å². The van der Waals surface area contributed by atoms with Crippen LogP contribution in [0.5, 0.6) is 40.6 Å². The molecule has 1 saturated heterocycles. The van der Waals surface area contributed by atoms with E-state index in [1.807, 2.05) is 240 Å². The van der Waals surface area contributed by atoms with Gasteiger partial charge in [0.05, 0.1) is 16.9 Å². The van der Waals surface area contributed by atoms with E-state index in [2.05, 4.69) is 146 Å². The zero-order chi connectivity index (χ0) is 70.0. The van der Waals surface area contributed by atoms with Crippen molar-refractivity contribution in [1.29, 1.82) is 0 Å². The monoisotopic (exact) mass is 1520 g/mol. The first kappa shape index (κ1) is 70.0. The van der Waals surface area contributed by atoms with Crippen molar-refractivity contribution in [1.82, 2.24) is 29.9 Å². The van der Waals surface area contributed by atoms with Crippen LogP contribution in [0.1, 0.15) is 27.7 Å². The highest BCUT2D eigenvalue weighted by atomic mass is 79.9. The van der Waals surface area contributed by atoms with Crippen LogP contribution in [0, 0.1) is 0 Å². The van der Waals surface area contributed by atoms with Crippen LogP contribution in [0.25, 0.3) is 77.7 Å². The Labute approximate surface area is 613 Å². The van der Waals surface area contributed by atoms with Gasteiger partial charge < -0.3 is 33.6 Å². The van der Waals surface area contributed by atoms with Crippen molar-refractivity contribution in [3.63, 3.8) is 0 Å². The highest BCUT2D eigenvalue weighted by Gasteiger charge is 2.51. The Morgan fingerprint density at radius 1 is 0.356 bits per heavy atom. The van der Waals surface area contributed by atoms with Crippen LogP contribution in [0.15, 0.2) is 342 Å². The summed E-state index contributed by atoms with van der Waals surface area (Å²) in [4.78, 5) is 25.3. The Balaban J connectivity index is 0.000000127. The average Bonchev–Trinajstić information content (AvgIpc) is 1.64. The van der Waals surface area contributed by atoms with E-state index in [0.717, 1.165) is 91.7 Å². The van der Waals surface area contributed by atoms with Crippen molar-refractivity contribution in [2.24, 2.45) is 0 Å². The van der Waals surface area contributed by atoms with E-state index < -0.39 is 7.12 Å². The molecule has 0 amide bonds. The molecule has 1 fully saturated rings. The molecule has 12 nitrogen and oxygen atoms in total. The molecule has 1 aliphatic rings. The number of rotatable bonds is 12. The third-order valence-corrected chi connectivity index (χ3v) is 17.9. The molecule has 2 N–H and O–H groups in total. The number of aromatic nitrogens is 6. The SMILES string of the molecule is Brc1cc(-c2ccccc2)ccn1.Brc1cccc(Oc2cc(-c3ccccc3)ccn2)c1.CC1(C)OB(c2cccc(Oc3cc(-c4ccccc4)ccn3)c2)OC1(C)C.Oc1cccc(Br)c1.c1ccc(-c2ccnc(Oc3cccc(-c4ccc5c(n4)[nH]c4ccccc45)c3)c2)cc1. The maximum Gasteiger partial charge on any atom is 0.494 e. The number of phenols is 1. The standard InChI is InChI=1S/C28H19N3O.C23H24BNO3.C17H12BrNO.C11H8BrN.C6H5BrO/c1-2-7-19(8-3-1)20-15-16-29-27(18-20)32-22-10-6-9-21(17-22)25-14-13-24-23-11-4-5-12-26(23)31-28(24)30-25;1-22(2)23(3,4)28-24(27-22)19-11-8-12-20(16-19)26-21-15-18(13-14-25-21)17-9-6-5-7-10-17;18-15-7-4-8-16(12-15)20-17-11-14(9-10-19-17)13-5-2-1-3-6-13;12-11-8-10(6-7-13-11)9-4-2-1-3-5-9;7-5-2-1-3-6(8)4-5/h1-18H,(H,30,31);5-16H,1-4H3;1-12H;1-8H;1-4,8H. The summed E-state index contributed by atoms with van der Waals surface area (Å²) in [5.41, 5.74) is 13.0. The third-order valence-electron chi connectivity index (χ3n) is 16.5. The number of aromatic amines is 1. The van der Waals surface area contributed by atoms with Crippen LogP contribution < -0.4 is 19.7 Å². The van der Waals surface area contributed by atoms with Gasteiger partial charge in [0.25, 0.3) is 0 Å². The van der Waals surface area contributed by atoms with E-state index in [-0.39, 0.29) is 11.2 Å². The molecule has 6 aromatic heterocycles. The maximum atomic E-state index is 8.78. The number of H-pyrrole nitrogens is 1. The summed E-state index contributed by atoms with van der Waals surface area (Å²) >= 11 is 9.98. The molecular formula is C85H68BBr3N6O6. The smallest absolute Gasteiger partial charge is 0.494 e. The minimum Gasteiger partial charge on any atom is -0.508 e. The predicted octanol–water partition coefficient (Wildman–Crippen LogP) is 23.0. The van der Waals surface area contributed by atoms with E-state index in [1.165, 1.54) is 16.5 Å². The zero-order valence-electron chi connectivity index (χ0n) is 55.6. The van der Waals surface area contributed by atoms with Crippen LogP contribution in [0.4, 0.5) is 0 Å². The Bertz CT molecular complexity index is 5180. The van der Waals surface area contributed by atoms with Crippen LogP contribution in [0.2, 0.25) is 0 Å². The molecule has 0 aliphatic carbocycles. The average molecular weight is 1520 g/mol. The first-order valence-electron chi connectivity index (χ1n) is 32.5. The minimum atomic E-state index is -0.419. The number of ether oxygens (including phenoxy) is 3. The van der Waals surface area contributed by atoms with Crippen LogP contribution in [-0.4, -0.2) is 53.3 Å². The summed E-state index contributed by atoms with van der Waals surface area (Å²) in [5, 5.41) is 11.1. The topological polar surface area (TPSA) is 147 Å². The Morgan fingerprint density at radius 3 is 1.25 bits per heavy atom. The number of benzene rings is 9. The summed E-state index contributed by atoms with van der Waals surface area (Å²) in [6, 6.07) is 99.4. The predicted molar refractivity (Wildman–Crippen MR) is 418 cm³/mol. The Hall–Kier alpha value is -10.8.